The zero-order chi connectivity index (χ0) is 8.85. The second-order valence-electron chi connectivity index (χ2n) is 2.64. The maximum Gasteiger partial charge on any atom is 0.243 e. The van der Waals surface area contributed by atoms with Gasteiger partial charge in [0, 0.05) is 0 Å². The quantitative estimate of drug-likeness (QED) is 0.542. The molecular formula is C7H14N2O2. The van der Waals surface area contributed by atoms with E-state index in [1.54, 1.807) is 7.05 Å². The van der Waals surface area contributed by atoms with Gasteiger partial charge in [-0.05, 0) is 13.0 Å². The molecule has 4 heteroatoms. The van der Waals surface area contributed by atoms with Gasteiger partial charge < -0.3 is 5.32 Å². The van der Waals surface area contributed by atoms with Crippen molar-refractivity contribution in [3.8, 4) is 0 Å². The lowest BCUT2D eigenvalue weighted by Crippen LogP contribution is -2.45. The molecular weight excluding hydrogens is 144 g/mol. The first-order valence-electron chi connectivity index (χ1n) is 3.54. The monoisotopic (exact) mass is 158 g/mol. The summed E-state index contributed by atoms with van der Waals surface area (Å²) >= 11 is 0. The van der Waals surface area contributed by atoms with Crippen LogP contribution in [0, 0.1) is 5.92 Å². The summed E-state index contributed by atoms with van der Waals surface area (Å²) in [7, 11) is 1.69. The van der Waals surface area contributed by atoms with Crippen LogP contribution in [0.1, 0.15) is 13.8 Å². The van der Waals surface area contributed by atoms with Crippen molar-refractivity contribution >= 4 is 12.3 Å². The van der Waals surface area contributed by atoms with Gasteiger partial charge in [-0.2, -0.15) is 0 Å². The van der Waals surface area contributed by atoms with Crippen LogP contribution in [0.5, 0.6) is 0 Å². The van der Waals surface area contributed by atoms with Gasteiger partial charge >= 0.3 is 0 Å². The molecule has 0 aromatic heterocycles. The number of hydrogen-bond donors (Lipinski definition) is 2. The fraction of sp³-hybridized carbons (Fsp3) is 0.714. The zero-order valence-electron chi connectivity index (χ0n) is 7.05. The van der Waals surface area contributed by atoms with Crippen LogP contribution in [0.15, 0.2) is 0 Å². The average Bonchev–Trinajstić information content (AvgIpc) is 1.88. The predicted octanol–water partition coefficient (Wildman–Crippen LogP) is -0.497. The molecule has 4 nitrogen and oxygen atoms in total. The molecule has 11 heavy (non-hydrogen) atoms. The lowest BCUT2D eigenvalue weighted by Gasteiger charge is -2.17. The van der Waals surface area contributed by atoms with Gasteiger partial charge in [0.2, 0.25) is 12.3 Å². The standard InChI is InChI=1S/C7H14N2O2/c1-5(2)6(8-3)7(11)9-4-10/h4-6,8H,1-3H3,(H,9,10,11). The number of imide groups is 1. The largest absolute Gasteiger partial charge is 0.309 e. The van der Waals surface area contributed by atoms with E-state index in [4.69, 9.17) is 0 Å². The topological polar surface area (TPSA) is 58.2 Å². The first kappa shape index (κ1) is 10.1. The number of amides is 2. The van der Waals surface area contributed by atoms with E-state index in [9.17, 15) is 9.59 Å². The molecule has 0 aliphatic heterocycles. The number of rotatable bonds is 4. The third-order valence-electron chi connectivity index (χ3n) is 1.46. The van der Waals surface area contributed by atoms with Gasteiger partial charge in [0.05, 0.1) is 6.04 Å². The van der Waals surface area contributed by atoms with E-state index in [1.807, 2.05) is 13.8 Å². The fourth-order valence-electron chi connectivity index (χ4n) is 0.915. The third kappa shape index (κ3) is 3.13. The Morgan fingerprint density at radius 2 is 2.00 bits per heavy atom. The van der Waals surface area contributed by atoms with E-state index in [0.29, 0.717) is 6.41 Å². The van der Waals surface area contributed by atoms with Crippen LogP contribution < -0.4 is 10.6 Å². The first-order chi connectivity index (χ1) is 5.13. The molecule has 1 unspecified atom stereocenters. The second-order valence-corrected chi connectivity index (χ2v) is 2.64. The highest BCUT2D eigenvalue weighted by atomic mass is 16.2. The molecule has 0 rings (SSSR count). The summed E-state index contributed by atoms with van der Waals surface area (Å²) in [4.78, 5) is 20.9. The maximum atomic E-state index is 11.0. The normalized spacial score (nSPS) is 12.7. The molecule has 0 spiro atoms. The number of nitrogens with one attached hydrogen (secondary N) is 2. The van der Waals surface area contributed by atoms with Crippen molar-refractivity contribution < 1.29 is 9.59 Å². The van der Waals surface area contributed by atoms with Gasteiger partial charge in [-0.3, -0.25) is 14.9 Å². The van der Waals surface area contributed by atoms with Crippen LogP contribution in [0.4, 0.5) is 0 Å². The summed E-state index contributed by atoms with van der Waals surface area (Å²) in [6, 6.07) is -0.291. The number of carbonyl (C=O) groups is 2. The van der Waals surface area contributed by atoms with E-state index in [2.05, 4.69) is 10.6 Å². The maximum absolute atomic E-state index is 11.0. The summed E-state index contributed by atoms with van der Waals surface area (Å²) in [5.74, 6) is -0.0996. The second kappa shape index (κ2) is 4.85. The van der Waals surface area contributed by atoms with Crippen molar-refractivity contribution in [2.45, 2.75) is 19.9 Å². The van der Waals surface area contributed by atoms with E-state index >= 15 is 0 Å². The van der Waals surface area contributed by atoms with Crippen LogP contribution in [0.25, 0.3) is 0 Å². The molecule has 0 bridgehead atoms. The minimum atomic E-state index is -0.291. The molecule has 0 aliphatic rings. The Bertz CT molecular complexity index is 145. The summed E-state index contributed by atoms with van der Waals surface area (Å²) < 4.78 is 0. The van der Waals surface area contributed by atoms with Crippen molar-refractivity contribution in [2.75, 3.05) is 7.05 Å². The van der Waals surface area contributed by atoms with Gasteiger partial charge in [-0.1, -0.05) is 13.8 Å². The molecule has 1 atom stereocenters. The fourth-order valence-corrected chi connectivity index (χ4v) is 0.915. The van der Waals surface area contributed by atoms with Gasteiger partial charge in [0.1, 0.15) is 0 Å². The Morgan fingerprint density at radius 3 is 2.27 bits per heavy atom. The molecule has 0 fully saturated rings. The first-order valence-corrected chi connectivity index (χ1v) is 3.54. The van der Waals surface area contributed by atoms with Crippen LogP contribution in [0.2, 0.25) is 0 Å². The zero-order valence-corrected chi connectivity index (χ0v) is 7.05. The van der Waals surface area contributed by atoms with Gasteiger partial charge in [0.25, 0.3) is 0 Å². The summed E-state index contributed by atoms with van der Waals surface area (Å²) in [5.41, 5.74) is 0. The van der Waals surface area contributed by atoms with Crippen molar-refractivity contribution in [2.24, 2.45) is 5.92 Å². The molecule has 2 N–H and O–H groups in total. The molecule has 0 aliphatic carbocycles. The van der Waals surface area contributed by atoms with Crippen LogP contribution in [-0.2, 0) is 9.59 Å². The van der Waals surface area contributed by atoms with Crippen LogP contribution in [-0.4, -0.2) is 25.4 Å². The number of likely N-dealkylation sites (N-methyl/N-ethyl adjacent to an activating group) is 1. The number of carbonyl (C=O) groups excluding carboxylic acids is 2. The average molecular weight is 158 g/mol. The van der Waals surface area contributed by atoms with Crippen LogP contribution in [0.3, 0.4) is 0 Å². The molecule has 0 saturated heterocycles. The van der Waals surface area contributed by atoms with Gasteiger partial charge in [0.15, 0.2) is 0 Å². The molecule has 0 aromatic carbocycles. The lowest BCUT2D eigenvalue weighted by molar-refractivity contribution is -0.127. The van der Waals surface area contributed by atoms with Gasteiger partial charge in [-0.15, -0.1) is 0 Å². The van der Waals surface area contributed by atoms with Crippen molar-refractivity contribution in [3.05, 3.63) is 0 Å². The lowest BCUT2D eigenvalue weighted by atomic mass is 10.0. The van der Waals surface area contributed by atoms with Gasteiger partial charge in [-0.25, -0.2) is 0 Å². The molecule has 0 aromatic rings. The molecule has 0 radical (unpaired) electrons. The SMILES string of the molecule is CNC(C(=O)NC=O)C(C)C. The third-order valence-corrected chi connectivity index (χ3v) is 1.46. The predicted molar refractivity (Wildman–Crippen MR) is 41.9 cm³/mol. The summed E-state index contributed by atoms with van der Waals surface area (Å²) in [6.45, 7) is 3.82. The molecule has 64 valence electrons. The minimum Gasteiger partial charge on any atom is -0.309 e. The summed E-state index contributed by atoms with van der Waals surface area (Å²) in [5, 5.41) is 4.91. The van der Waals surface area contributed by atoms with Crippen molar-refractivity contribution in [3.63, 3.8) is 0 Å². The Kier molecular flexibility index (Phi) is 4.45. The molecule has 2 amide bonds. The molecule has 0 saturated carbocycles. The molecule has 0 heterocycles. The van der Waals surface area contributed by atoms with Crippen molar-refractivity contribution in [1.29, 1.82) is 0 Å². The summed E-state index contributed by atoms with van der Waals surface area (Å²) in [6.07, 6.45) is 0.398. The van der Waals surface area contributed by atoms with E-state index in [1.165, 1.54) is 0 Å². The highest BCUT2D eigenvalue weighted by Gasteiger charge is 2.18. The highest BCUT2D eigenvalue weighted by molar-refractivity contribution is 5.90. The van der Waals surface area contributed by atoms with Crippen LogP contribution >= 0.6 is 0 Å². The minimum absolute atomic E-state index is 0.181. The smallest absolute Gasteiger partial charge is 0.243 e. The Morgan fingerprint density at radius 1 is 1.45 bits per heavy atom. The van der Waals surface area contributed by atoms with E-state index in [0.717, 1.165) is 0 Å². The highest BCUT2D eigenvalue weighted by Crippen LogP contribution is 1.99. The Labute approximate surface area is 66.4 Å². The Balaban J connectivity index is 4.02. The van der Waals surface area contributed by atoms with Crippen molar-refractivity contribution in [1.82, 2.24) is 10.6 Å². The Hall–Kier alpha value is -0.900. The van der Waals surface area contributed by atoms with E-state index in [-0.39, 0.29) is 17.9 Å². The number of hydrogen-bond acceptors (Lipinski definition) is 3. The van der Waals surface area contributed by atoms with E-state index < -0.39 is 0 Å².